The number of nitrogens with zero attached hydrogens (tertiary/aromatic N) is 3. The number of aromatic nitrogens is 3. The van der Waals surface area contributed by atoms with E-state index in [0.717, 1.165) is 39.4 Å². The molecule has 0 aliphatic rings. The minimum absolute atomic E-state index is 0.207. The maximum Gasteiger partial charge on any atom is 0.164 e. The highest BCUT2D eigenvalue weighted by atomic mass is 16.3. The number of fused-ring (bicyclic) bond motifs is 1. The molecule has 1 N–H and O–H groups in total. The molecular weight excluding hydrogens is 370 g/mol. The first-order chi connectivity index (χ1) is 14.1. The summed E-state index contributed by atoms with van der Waals surface area (Å²) in [5, 5.41) is 11.1. The van der Waals surface area contributed by atoms with E-state index in [1.54, 1.807) is 6.20 Å². The molecular formula is C26H29N3O. The Kier molecular flexibility index (Phi) is 4.69. The molecule has 154 valence electrons. The highest BCUT2D eigenvalue weighted by molar-refractivity contribution is 5.83. The van der Waals surface area contributed by atoms with Gasteiger partial charge in [0.05, 0.1) is 11.0 Å². The Morgan fingerprint density at radius 1 is 0.800 bits per heavy atom. The molecule has 0 amide bonds. The third-order valence-corrected chi connectivity index (χ3v) is 5.42. The second-order valence-corrected chi connectivity index (χ2v) is 9.86. The Morgan fingerprint density at radius 3 is 1.97 bits per heavy atom. The maximum atomic E-state index is 11.1. The van der Waals surface area contributed by atoms with Crippen LogP contribution in [-0.2, 0) is 10.8 Å². The van der Waals surface area contributed by atoms with Crippen LogP contribution in [0.1, 0.15) is 52.7 Å². The molecule has 2 aromatic carbocycles. The molecule has 0 saturated carbocycles. The quantitative estimate of drug-likeness (QED) is 0.425. The molecule has 0 unspecified atom stereocenters. The van der Waals surface area contributed by atoms with Crippen molar-refractivity contribution < 1.29 is 5.11 Å². The number of benzene rings is 2. The Balaban J connectivity index is 2.11. The number of para-hydroxylation sites is 2. The van der Waals surface area contributed by atoms with E-state index in [1.165, 1.54) is 0 Å². The average Bonchev–Trinajstić information content (AvgIpc) is 3.07. The van der Waals surface area contributed by atoms with Crippen molar-refractivity contribution in [3.8, 4) is 23.0 Å². The van der Waals surface area contributed by atoms with Gasteiger partial charge in [-0.2, -0.15) is 0 Å². The van der Waals surface area contributed by atoms with E-state index in [2.05, 4.69) is 69.3 Å². The van der Waals surface area contributed by atoms with Gasteiger partial charge in [-0.25, -0.2) is 4.98 Å². The van der Waals surface area contributed by atoms with Gasteiger partial charge >= 0.3 is 0 Å². The van der Waals surface area contributed by atoms with Crippen molar-refractivity contribution in [1.82, 2.24) is 14.5 Å². The Hall–Kier alpha value is -3.14. The monoisotopic (exact) mass is 399 g/mol. The van der Waals surface area contributed by atoms with E-state index in [1.807, 2.05) is 36.4 Å². The van der Waals surface area contributed by atoms with E-state index >= 15 is 0 Å². The van der Waals surface area contributed by atoms with Crippen molar-refractivity contribution in [3.05, 3.63) is 71.9 Å². The van der Waals surface area contributed by atoms with Crippen LogP contribution in [0.25, 0.3) is 28.2 Å². The predicted octanol–water partition coefficient (Wildman–Crippen LogP) is 6.39. The fourth-order valence-electron chi connectivity index (χ4n) is 3.85. The van der Waals surface area contributed by atoms with E-state index in [9.17, 15) is 5.11 Å². The Labute approximate surface area is 178 Å². The van der Waals surface area contributed by atoms with Crippen molar-refractivity contribution in [2.45, 2.75) is 52.4 Å². The van der Waals surface area contributed by atoms with Gasteiger partial charge in [0.25, 0.3) is 0 Å². The molecule has 0 atom stereocenters. The summed E-state index contributed by atoms with van der Waals surface area (Å²) < 4.78 is 2.15. The van der Waals surface area contributed by atoms with E-state index in [-0.39, 0.29) is 10.8 Å². The summed E-state index contributed by atoms with van der Waals surface area (Å²) in [4.78, 5) is 9.46. The van der Waals surface area contributed by atoms with Crippen molar-refractivity contribution >= 4 is 11.0 Å². The topological polar surface area (TPSA) is 50.9 Å². The van der Waals surface area contributed by atoms with Gasteiger partial charge in [0.1, 0.15) is 11.4 Å². The first-order valence-electron chi connectivity index (χ1n) is 10.3. The zero-order valence-corrected chi connectivity index (χ0v) is 18.6. The summed E-state index contributed by atoms with van der Waals surface area (Å²) >= 11 is 0. The molecule has 2 aromatic heterocycles. The van der Waals surface area contributed by atoms with E-state index in [4.69, 9.17) is 4.98 Å². The molecule has 4 aromatic rings. The SMILES string of the molecule is CC(C)(C)c1cc(-n2c(-c3ccccn3)nc3ccccc32)cc(C(C)(C)C)c1O. The third-order valence-electron chi connectivity index (χ3n) is 5.42. The van der Waals surface area contributed by atoms with E-state index < -0.39 is 0 Å². The molecule has 0 aliphatic carbocycles. The first kappa shape index (κ1) is 20.1. The summed E-state index contributed by atoms with van der Waals surface area (Å²) in [6.07, 6.45) is 1.79. The highest BCUT2D eigenvalue weighted by Gasteiger charge is 2.28. The zero-order valence-electron chi connectivity index (χ0n) is 18.6. The lowest BCUT2D eigenvalue weighted by Gasteiger charge is -2.28. The lowest BCUT2D eigenvalue weighted by atomic mass is 9.79. The standard InChI is InChI=1S/C26H29N3O/c1-25(2,3)18-15-17(16-19(23(18)30)26(4,5)6)29-22-13-8-7-11-20(22)28-24(29)21-12-9-10-14-27-21/h7-16,30H,1-6H3. The number of imidazole rings is 1. The minimum atomic E-state index is -0.207. The molecule has 2 heterocycles. The average molecular weight is 400 g/mol. The number of hydrogen-bond acceptors (Lipinski definition) is 3. The van der Waals surface area contributed by atoms with Crippen molar-refractivity contribution in [2.24, 2.45) is 0 Å². The van der Waals surface area contributed by atoms with Gasteiger partial charge in [0, 0.05) is 23.0 Å². The van der Waals surface area contributed by atoms with Crippen molar-refractivity contribution in [3.63, 3.8) is 0 Å². The van der Waals surface area contributed by atoms with Crippen LogP contribution < -0.4 is 0 Å². The Morgan fingerprint density at radius 2 is 1.40 bits per heavy atom. The fourth-order valence-corrected chi connectivity index (χ4v) is 3.85. The lowest BCUT2D eigenvalue weighted by molar-refractivity contribution is 0.423. The fraction of sp³-hybridized carbons (Fsp3) is 0.308. The number of phenolic OH excluding ortho intramolecular Hbond substituents is 1. The number of pyridine rings is 1. The maximum absolute atomic E-state index is 11.1. The van der Waals surface area contributed by atoms with Crippen LogP contribution in [-0.4, -0.2) is 19.6 Å². The van der Waals surface area contributed by atoms with Crippen LogP contribution in [0, 0.1) is 0 Å². The first-order valence-corrected chi connectivity index (χ1v) is 10.3. The summed E-state index contributed by atoms with van der Waals surface area (Å²) in [6, 6.07) is 18.2. The summed E-state index contributed by atoms with van der Waals surface area (Å²) in [6.45, 7) is 12.8. The molecule has 30 heavy (non-hydrogen) atoms. The molecule has 0 radical (unpaired) electrons. The molecule has 0 aliphatic heterocycles. The number of rotatable bonds is 2. The van der Waals surface area contributed by atoms with Crippen LogP contribution >= 0.6 is 0 Å². The smallest absolute Gasteiger partial charge is 0.164 e. The summed E-state index contributed by atoms with van der Waals surface area (Å²) in [7, 11) is 0. The molecule has 0 fully saturated rings. The molecule has 4 rings (SSSR count). The Bertz CT molecular complexity index is 1170. The van der Waals surface area contributed by atoms with Gasteiger partial charge in [-0.05, 0) is 47.2 Å². The van der Waals surface area contributed by atoms with Gasteiger partial charge in [-0.3, -0.25) is 9.55 Å². The lowest BCUT2D eigenvalue weighted by Crippen LogP contribution is -2.18. The largest absolute Gasteiger partial charge is 0.507 e. The predicted molar refractivity (Wildman–Crippen MR) is 123 cm³/mol. The molecule has 0 bridgehead atoms. The van der Waals surface area contributed by atoms with Crippen LogP contribution in [0.4, 0.5) is 0 Å². The van der Waals surface area contributed by atoms with Gasteiger partial charge < -0.3 is 5.11 Å². The van der Waals surface area contributed by atoms with Crippen LogP contribution in [0.5, 0.6) is 5.75 Å². The van der Waals surface area contributed by atoms with Crippen LogP contribution in [0.15, 0.2) is 60.8 Å². The van der Waals surface area contributed by atoms with Crippen molar-refractivity contribution in [2.75, 3.05) is 0 Å². The molecule has 0 spiro atoms. The highest BCUT2D eigenvalue weighted by Crippen LogP contribution is 2.41. The molecule has 0 saturated heterocycles. The van der Waals surface area contributed by atoms with Crippen LogP contribution in [0.3, 0.4) is 0 Å². The summed E-state index contributed by atoms with van der Waals surface area (Å²) in [5.41, 5.74) is 5.17. The van der Waals surface area contributed by atoms with E-state index in [0.29, 0.717) is 5.75 Å². The summed E-state index contributed by atoms with van der Waals surface area (Å²) in [5.74, 6) is 1.17. The minimum Gasteiger partial charge on any atom is -0.507 e. The van der Waals surface area contributed by atoms with Gasteiger partial charge in [-0.1, -0.05) is 59.7 Å². The number of phenols is 1. The molecule has 4 heteroatoms. The number of aromatic hydroxyl groups is 1. The number of hydrogen-bond donors (Lipinski definition) is 1. The van der Waals surface area contributed by atoms with Crippen LogP contribution in [0.2, 0.25) is 0 Å². The van der Waals surface area contributed by atoms with Crippen molar-refractivity contribution in [1.29, 1.82) is 0 Å². The van der Waals surface area contributed by atoms with Gasteiger partial charge in [-0.15, -0.1) is 0 Å². The van der Waals surface area contributed by atoms with Gasteiger partial charge in [0.15, 0.2) is 5.82 Å². The van der Waals surface area contributed by atoms with Gasteiger partial charge in [0.2, 0.25) is 0 Å². The second kappa shape index (κ2) is 6.98. The normalized spacial score (nSPS) is 12.5. The third kappa shape index (κ3) is 3.47. The second-order valence-electron chi connectivity index (χ2n) is 9.86. The zero-order chi connectivity index (χ0) is 21.7. The molecule has 4 nitrogen and oxygen atoms in total.